The number of aliphatic hydroxyl groups is 3. The first kappa shape index (κ1) is 13.1. The normalized spacial score (nSPS) is 26.6. The summed E-state index contributed by atoms with van der Waals surface area (Å²) in [7, 11) is 2.92. The van der Waals surface area contributed by atoms with Crippen LogP contribution in [-0.2, 0) is 4.74 Å². The zero-order valence-electron chi connectivity index (χ0n) is 10.2. The van der Waals surface area contributed by atoms with Gasteiger partial charge in [0.1, 0.15) is 23.7 Å². The average Bonchev–Trinajstić information content (AvgIpc) is 2.41. The summed E-state index contributed by atoms with van der Waals surface area (Å²) in [6.07, 6.45) is -3.25. The van der Waals surface area contributed by atoms with Crippen molar-refractivity contribution in [1.29, 1.82) is 0 Å². The minimum Gasteiger partial charge on any atom is -0.496 e. The van der Waals surface area contributed by atoms with E-state index in [9.17, 15) is 10.2 Å². The van der Waals surface area contributed by atoms with E-state index in [1.54, 1.807) is 12.1 Å². The highest BCUT2D eigenvalue weighted by Crippen LogP contribution is 2.44. The van der Waals surface area contributed by atoms with Crippen molar-refractivity contribution in [2.75, 3.05) is 20.8 Å². The summed E-state index contributed by atoms with van der Waals surface area (Å²) in [5.74, 6) is 0.813. The lowest BCUT2D eigenvalue weighted by Gasteiger charge is -2.34. The number of hydrogen-bond donors (Lipinski definition) is 3. The third-order valence-electron chi connectivity index (χ3n) is 3.03. The lowest BCUT2D eigenvalue weighted by atomic mass is 9.93. The van der Waals surface area contributed by atoms with E-state index in [1.165, 1.54) is 14.2 Å². The van der Waals surface area contributed by atoms with E-state index >= 15 is 0 Å². The molecule has 1 heterocycles. The second-order valence-corrected chi connectivity index (χ2v) is 3.95. The Morgan fingerprint density at radius 2 is 1.67 bits per heavy atom. The first-order chi connectivity index (χ1) is 8.63. The molecule has 6 heteroatoms. The van der Waals surface area contributed by atoms with Gasteiger partial charge in [-0.25, -0.2) is 0 Å². The summed E-state index contributed by atoms with van der Waals surface area (Å²) in [6.45, 7) is -0.405. The van der Waals surface area contributed by atoms with E-state index in [1.807, 2.05) is 0 Å². The molecular formula is C12H16O6. The average molecular weight is 256 g/mol. The van der Waals surface area contributed by atoms with Gasteiger partial charge in [-0.15, -0.1) is 0 Å². The third kappa shape index (κ3) is 1.93. The Morgan fingerprint density at radius 1 is 1.11 bits per heavy atom. The molecule has 0 saturated heterocycles. The summed E-state index contributed by atoms with van der Waals surface area (Å²) in [5, 5.41) is 29.2. The Morgan fingerprint density at radius 3 is 2.17 bits per heavy atom. The van der Waals surface area contributed by atoms with Crippen molar-refractivity contribution >= 4 is 0 Å². The van der Waals surface area contributed by atoms with E-state index in [2.05, 4.69) is 0 Å². The second kappa shape index (κ2) is 5.11. The van der Waals surface area contributed by atoms with Crippen LogP contribution in [0.15, 0.2) is 12.1 Å². The number of aliphatic hydroxyl groups excluding tert-OH is 3. The maximum absolute atomic E-state index is 10.1. The van der Waals surface area contributed by atoms with Gasteiger partial charge in [0.15, 0.2) is 6.29 Å². The van der Waals surface area contributed by atoms with Crippen LogP contribution in [-0.4, -0.2) is 42.3 Å². The van der Waals surface area contributed by atoms with Crippen LogP contribution < -0.4 is 9.47 Å². The fraction of sp³-hybridized carbons (Fsp3) is 0.500. The molecule has 0 aromatic heterocycles. The predicted octanol–water partition coefficient (Wildman–Crippen LogP) is 0.119. The molecular weight excluding hydrogens is 240 g/mol. The summed E-state index contributed by atoms with van der Waals surface area (Å²) in [6, 6.07) is 3.25. The van der Waals surface area contributed by atoms with Gasteiger partial charge >= 0.3 is 0 Å². The van der Waals surface area contributed by atoms with Gasteiger partial charge in [0.2, 0.25) is 0 Å². The van der Waals surface area contributed by atoms with Gasteiger partial charge in [-0.05, 0) is 12.1 Å². The smallest absolute Gasteiger partial charge is 0.185 e. The van der Waals surface area contributed by atoms with Crippen LogP contribution in [0.2, 0.25) is 0 Å². The van der Waals surface area contributed by atoms with Crippen LogP contribution in [0.3, 0.4) is 0 Å². The summed E-state index contributed by atoms with van der Waals surface area (Å²) in [5.41, 5.74) is 0.712. The van der Waals surface area contributed by atoms with E-state index in [0.717, 1.165) is 0 Å². The lowest BCUT2D eigenvalue weighted by Crippen LogP contribution is -2.34. The number of methoxy groups -OCH3 is 2. The molecule has 1 aliphatic rings. The van der Waals surface area contributed by atoms with E-state index < -0.39 is 25.1 Å². The van der Waals surface area contributed by atoms with Gasteiger partial charge in [-0.2, -0.15) is 0 Å². The highest BCUT2D eigenvalue weighted by molar-refractivity contribution is 5.51. The number of hydrogen-bond acceptors (Lipinski definition) is 6. The van der Waals surface area contributed by atoms with Gasteiger partial charge < -0.3 is 29.5 Å². The molecule has 1 aromatic rings. The van der Waals surface area contributed by atoms with Crippen molar-refractivity contribution in [3.8, 4) is 11.5 Å². The van der Waals surface area contributed by atoms with Crippen LogP contribution >= 0.6 is 0 Å². The molecule has 3 atom stereocenters. The summed E-state index contributed by atoms with van der Waals surface area (Å²) in [4.78, 5) is 0. The first-order valence-electron chi connectivity index (χ1n) is 5.51. The van der Waals surface area contributed by atoms with Gasteiger partial charge in [0.25, 0.3) is 0 Å². The minimum atomic E-state index is -1.27. The lowest BCUT2D eigenvalue weighted by molar-refractivity contribution is -0.195. The molecule has 18 heavy (non-hydrogen) atoms. The van der Waals surface area contributed by atoms with Gasteiger partial charge in [-0.3, -0.25) is 0 Å². The minimum absolute atomic E-state index is 0.328. The Kier molecular flexibility index (Phi) is 3.72. The van der Waals surface area contributed by atoms with Crippen molar-refractivity contribution in [3.05, 3.63) is 23.3 Å². The number of rotatable bonds is 3. The molecule has 1 aromatic carbocycles. The van der Waals surface area contributed by atoms with Crippen LogP contribution in [0.4, 0.5) is 0 Å². The monoisotopic (exact) mass is 256 g/mol. The van der Waals surface area contributed by atoms with Crippen LogP contribution in [0.5, 0.6) is 11.5 Å². The zero-order valence-corrected chi connectivity index (χ0v) is 10.2. The van der Waals surface area contributed by atoms with E-state index in [0.29, 0.717) is 22.6 Å². The topological polar surface area (TPSA) is 88.4 Å². The van der Waals surface area contributed by atoms with Crippen LogP contribution in [0.1, 0.15) is 23.5 Å². The fourth-order valence-electron chi connectivity index (χ4n) is 2.15. The maximum Gasteiger partial charge on any atom is 0.185 e. The SMILES string of the molecule is COc1ccc(OC)c2c1C(O)OC(CO)C2O. The van der Waals surface area contributed by atoms with Crippen LogP contribution in [0.25, 0.3) is 0 Å². The number of fused-ring (bicyclic) bond motifs is 1. The molecule has 3 unspecified atom stereocenters. The molecule has 0 saturated carbocycles. The van der Waals surface area contributed by atoms with Crippen molar-refractivity contribution in [3.63, 3.8) is 0 Å². The van der Waals surface area contributed by atoms with Crippen molar-refractivity contribution in [1.82, 2.24) is 0 Å². The zero-order chi connectivity index (χ0) is 13.3. The van der Waals surface area contributed by atoms with Crippen molar-refractivity contribution in [2.45, 2.75) is 18.5 Å². The molecule has 0 bridgehead atoms. The number of benzene rings is 1. The molecule has 0 radical (unpaired) electrons. The van der Waals surface area contributed by atoms with E-state index in [4.69, 9.17) is 19.3 Å². The van der Waals surface area contributed by atoms with Crippen LogP contribution in [0, 0.1) is 0 Å². The van der Waals surface area contributed by atoms with Gasteiger partial charge in [0.05, 0.1) is 26.4 Å². The molecule has 0 aliphatic carbocycles. The molecule has 0 spiro atoms. The predicted molar refractivity (Wildman–Crippen MR) is 61.4 cm³/mol. The Bertz CT molecular complexity index is 433. The molecule has 1 aliphatic heterocycles. The Hall–Kier alpha value is -1.34. The molecule has 0 amide bonds. The molecule has 0 fully saturated rings. The summed E-state index contributed by atoms with van der Waals surface area (Å²) >= 11 is 0. The third-order valence-corrected chi connectivity index (χ3v) is 3.03. The Labute approximate surface area is 104 Å². The second-order valence-electron chi connectivity index (χ2n) is 3.95. The van der Waals surface area contributed by atoms with Gasteiger partial charge in [0, 0.05) is 5.56 Å². The fourth-order valence-corrected chi connectivity index (χ4v) is 2.15. The highest BCUT2D eigenvalue weighted by atomic mass is 16.6. The molecule has 100 valence electrons. The first-order valence-corrected chi connectivity index (χ1v) is 5.51. The summed E-state index contributed by atoms with van der Waals surface area (Å²) < 4.78 is 15.4. The molecule has 6 nitrogen and oxygen atoms in total. The Balaban J connectivity index is 2.60. The van der Waals surface area contributed by atoms with Crippen molar-refractivity contribution in [2.24, 2.45) is 0 Å². The highest BCUT2D eigenvalue weighted by Gasteiger charge is 2.38. The number of ether oxygens (including phenoxy) is 3. The van der Waals surface area contributed by atoms with Gasteiger partial charge in [-0.1, -0.05) is 0 Å². The standard InChI is InChI=1S/C12H16O6/c1-16-6-3-4-7(17-2)10-9(6)11(14)8(5-13)18-12(10)15/h3-4,8,11-15H,5H2,1-2H3. The van der Waals surface area contributed by atoms with Crippen molar-refractivity contribution < 1.29 is 29.5 Å². The van der Waals surface area contributed by atoms with E-state index in [-0.39, 0.29) is 0 Å². The quantitative estimate of drug-likeness (QED) is 0.712. The largest absolute Gasteiger partial charge is 0.496 e. The molecule has 3 N–H and O–H groups in total. The maximum atomic E-state index is 10.1. The molecule has 2 rings (SSSR count).